The summed E-state index contributed by atoms with van der Waals surface area (Å²) >= 11 is 0. The second-order valence-electron chi connectivity index (χ2n) is 5.98. The number of Topliss-reactive ketones (excluding diaryl/α,β-unsaturated/α-hetero) is 1. The maximum absolute atomic E-state index is 13.0. The van der Waals surface area contributed by atoms with Crippen molar-refractivity contribution >= 4 is 5.78 Å². The smallest absolute Gasteiger partial charge is 0.188 e. The Bertz CT molecular complexity index is 428. The van der Waals surface area contributed by atoms with Gasteiger partial charge in [0.05, 0.1) is 0 Å². The van der Waals surface area contributed by atoms with Crippen molar-refractivity contribution in [3.63, 3.8) is 0 Å². The molecule has 1 aromatic rings. The van der Waals surface area contributed by atoms with Gasteiger partial charge in [-0.1, -0.05) is 25.7 Å². The van der Waals surface area contributed by atoms with Gasteiger partial charge in [-0.3, -0.25) is 9.48 Å². The lowest BCUT2D eigenvalue weighted by Gasteiger charge is -2.30. The van der Waals surface area contributed by atoms with Gasteiger partial charge in [0.1, 0.15) is 5.69 Å². The van der Waals surface area contributed by atoms with Crippen molar-refractivity contribution in [1.29, 1.82) is 0 Å². The molecule has 0 unspecified atom stereocenters. The Morgan fingerprint density at radius 3 is 2.53 bits per heavy atom. The van der Waals surface area contributed by atoms with E-state index in [9.17, 15) is 4.79 Å². The van der Waals surface area contributed by atoms with Crippen molar-refractivity contribution in [2.75, 3.05) is 6.54 Å². The van der Waals surface area contributed by atoms with Crippen molar-refractivity contribution in [2.24, 2.45) is 11.1 Å². The van der Waals surface area contributed by atoms with Gasteiger partial charge in [0, 0.05) is 24.2 Å². The molecule has 4 heteroatoms. The zero-order valence-electron chi connectivity index (χ0n) is 12.1. The SMILES string of the molecule is CC(C)n1nccc1C(=O)C1(CN)CCCCCC1. The summed E-state index contributed by atoms with van der Waals surface area (Å²) in [5, 5.41) is 4.28. The number of rotatable bonds is 4. The van der Waals surface area contributed by atoms with E-state index in [0.29, 0.717) is 6.54 Å². The molecule has 0 atom stereocenters. The summed E-state index contributed by atoms with van der Waals surface area (Å²) in [4.78, 5) is 13.0. The largest absolute Gasteiger partial charge is 0.329 e. The molecule has 2 rings (SSSR count). The van der Waals surface area contributed by atoms with E-state index in [1.54, 1.807) is 6.20 Å². The summed E-state index contributed by atoms with van der Waals surface area (Å²) in [5.41, 5.74) is 6.36. The van der Waals surface area contributed by atoms with Gasteiger partial charge in [-0.25, -0.2) is 0 Å². The highest BCUT2D eigenvalue weighted by Gasteiger charge is 2.39. The first-order chi connectivity index (χ1) is 9.10. The second-order valence-corrected chi connectivity index (χ2v) is 5.98. The first kappa shape index (κ1) is 14.3. The van der Waals surface area contributed by atoms with Crippen LogP contribution < -0.4 is 5.73 Å². The molecule has 1 fully saturated rings. The Labute approximate surface area is 115 Å². The molecular weight excluding hydrogens is 238 g/mol. The van der Waals surface area contributed by atoms with Crippen molar-refractivity contribution in [3.8, 4) is 0 Å². The van der Waals surface area contributed by atoms with E-state index in [-0.39, 0.29) is 17.2 Å². The summed E-state index contributed by atoms with van der Waals surface area (Å²) in [6.07, 6.45) is 8.22. The molecule has 0 spiro atoms. The number of hydrogen-bond donors (Lipinski definition) is 1. The van der Waals surface area contributed by atoms with Crippen LogP contribution in [0.5, 0.6) is 0 Å². The van der Waals surface area contributed by atoms with Crippen molar-refractivity contribution in [2.45, 2.75) is 58.4 Å². The van der Waals surface area contributed by atoms with Crippen molar-refractivity contribution in [1.82, 2.24) is 9.78 Å². The average molecular weight is 263 g/mol. The maximum Gasteiger partial charge on any atom is 0.188 e. The molecule has 1 aliphatic carbocycles. The molecule has 1 aliphatic rings. The Hall–Kier alpha value is -1.16. The van der Waals surface area contributed by atoms with E-state index in [1.807, 2.05) is 24.6 Å². The highest BCUT2D eigenvalue weighted by Crippen LogP contribution is 2.37. The van der Waals surface area contributed by atoms with Gasteiger partial charge in [0.25, 0.3) is 0 Å². The number of aromatic nitrogens is 2. The molecule has 0 saturated heterocycles. The van der Waals surface area contributed by atoms with Gasteiger partial charge in [-0.05, 0) is 32.8 Å². The zero-order chi connectivity index (χ0) is 13.9. The quantitative estimate of drug-likeness (QED) is 0.671. The van der Waals surface area contributed by atoms with Crippen LogP contribution in [0.15, 0.2) is 12.3 Å². The van der Waals surface area contributed by atoms with Crippen LogP contribution in [0, 0.1) is 5.41 Å². The molecule has 2 N–H and O–H groups in total. The van der Waals surface area contributed by atoms with E-state index < -0.39 is 0 Å². The Kier molecular flexibility index (Phi) is 4.40. The molecule has 4 nitrogen and oxygen atoms in total. The standard InChI is InChI=1S/C15H25N3O/c1-12(2)18-13(7-10-17-18)14(19)15(11-16)8-5-3-4-6-9-15/h7,10,12H,3-6,8-9,11,16H2,1-2H3. The van der Waals surface area contributed by atoms with Crippen LogP contribution in [0.2, 0.25) is 0 Å². The van der Waals surface area contributed by atoms with E-state index >= 15 is 0 Å². The number of hydrogen-bond acceptors (Lipinski definition) is 3. The van der Waals surface area contributed by atoms with E-state index in [0.717, 1.165) is 31.4 Å². The molecule has 0 amide bonds. The normalized spacial score (nSPS) is 19.4. The fourth-order valence-corrected chi connectivity index (χ4v) is 3.11. The van der Waals surface area contributed by atoms with Crippen LogP contribution in [0.25, 0.3) is 0 Å². The third kappa shape index (κ3) is 2.73. The molecule has 0 aliphatic heterocycles. The minimum Gasteiger partial charge on any atom is -0.329 e. The van der Waals surface area contributed by atoms with E-state index in [1.165, 1.54) is 12.8 Å². The van der Waals surface area contributed by atoms with Crippen LogP contribution in [0.4, 0.5) is 0 Å². The summed E-state index contributed by atoms with van der Waals surface area (Å²) in [5.74, 6) is 0.197. The number of nitrogens with two attached hydrogens (primary N) is 1. The molecule has 19 heavy (non-hydrogen) atoms. The lowest BCUT2D eigenvalue weighted by molar-refractivity contribution is 0.0760. The fourth-order valence-electron chi connectivity index (χ4n) is 3.11. The predicted molar refractivity (Wildman–Crippen MR) is 76.1 cm³/mol. The number of carbonyl (C=O) groups excluding carboxylic acids is 1. The highest BCUT2D eigenvalue weighted by atomic mass is 16.1. The van der Waals surface area contributed by atoms with Crippen LogP contribution in [0.3, 0.4) is 0 Å². The van der Waals surface area contributed by atoms with E-state index in [4.69, 9.17) is 5.73 Å². The van der Waals surface area contributed by atoms with Gasteiger partial charge in [0.15, 0.2) is 5.78 Å². The van der Waals surface area contributed by atoms with Gasteiger partial charge in [-0.2, -0.15) is 5.10 Å². The molecule has 0 aromatic carbocycles. The summed E-state index contributed by atoms with van der Waals surface area (Å²) in [6, 6.07) is 2.04. The molecule has 1 heterocycles. The van der Waals surface area contributed by atoms with Crippen molar-refractivity contribution in [3.05, 3.63) is 18.0 Å². The number of ketones is 1. The fraction of sp³-hybridized carbons (Fsp3) is 0.733. The molecule has 1 saturated carbocycles. The predicted octanol–water partition coefficient (Wildman–Crippen LogP) is 2.95. The van der Waals surface area contributed by atoms with Crippen LogP contribution >= 0.6 is 0 Å². The summed E-state index contributed by atoms with van der Waals surface area (Å²) < 4.78 is 1.82. The Morgan fingerprint density at radius 2 is 2.00 bits per heavy atom. The third-order valence-electron chi connectivity index (χ3n) is 4.33. The topological polar surface area (TPSA) is 60.9 Å². The first-order valence-corrected chi connectivity index (χ1v) is 7.39. The molecular formula is C15H25N3O. The maximum atomic E-state index is 13.0. The minimum absolute atomic E-state index is 0.197. The average Bonchev–Trinajstić information content (AvgIpc) is 2.76. The summed E-state index contributed by atoms with van der Waals surface area (Å²) in [6.45, 7) is 4.55. The monoisotopic (exact) mass is 263 g/mol. The molecule has 106 valence electrons. The summed E-state index contributed by atoms with van der Waals surface area (Å²) in [7, 11) is 0. The Morgan fingerprint density at radius 1 is 1.37 bits per heavy atom. The van der Waals surface area contributed by atoms with Crippen LogP contribution in [-0.2, 0) is 0 Å². The second kappa shape index (κ2) is 5.87. The highest BCUT2D eigenvalue weighted by molar-refractivity contribution is 5.99. The lowest BCUT2D eigenvalue weighted by atomic mass is 9.75. The van der Waals surface area contributed by atoms with Crippen molar-refractivity contribution < 1.29 is 4.79 Å². The third-order valence-corrected chi connectivity index (χ3v) is 4.33. The number of nitrogens with zero attached hydrogens (tertiary/aromatic N) is 2. The molecule has 0 radical (unpaired) electrons. The lowest BCUT2D eigenvalue weighted by Crippen LogP contribution is -2.39. The molecule has 1 aromatic heterocycles. The van der Waals surface area contributed by atoms with E-state index in [2.05, 4.69) is 5.10 Å². The van der Waals surface area contributed by atoms with Crippen LogP contribution in [-0.4, -0.2) is 22.1 Å². The zero-order valence-corrected chi connectivity index (χ0v) is 12.1. The first-order valence-electron chi connectivity index (χ1n) is 7.39. The number of carbonyl (C=O) groups is 1. The van der Waals surface area contributed by atoms with Gasteiger partial charge >= 0.3 is 0 Å². The molecule has 0 bridgehead atoms. The minimum atomic E-state index is -0.358. The Balaban J connectivity index is 2.31. The van der Waals surface area contributed by atoms with Gasteiger partial charge in [0.2, 0.25) is 0 Å². The van der Waals surface area contributed by atoms with Gasteiger partial charge < -0.3 is 5.73 Å². The van der Waals surface area contributed by atoms with Crippen LogP contribution in [0.1, 0.15) is 68.9 Å². The van der Waals surface area contributed by atoms with Gasteiger partial charge in [-0.15, -0.1) is 0 Å².